The Hall–Kier alpha value is 0.320. The number of benzene rings is 2. The predicted molar refractivity (Wildman–Crippen MR) is 69.4 cm³/mol. The number of nitrogens with one attached hydrogen (secondary N) is 1. The van der Waals surface area contributed by atoms with E-state index in [4.69, 9.17) is 0 Å². The van der Waals surface area contributed by atoms with E-state index in [-0.39, 0.29) is 69.9 Å². The molecule has 0 heterocycles. The van der Waals surface area contributed by atoms with Gasteiger partial charge in [-0.25, -0.2) is 16.8 Å². The molecule has 0 aliphatic carbocycles. The van der Waals surface area contributed by atoms with Crippen molar-refractivity contribution in [2.75, 3.05) is 12.4 Å². The van der Waals surface area contributed by atoms with Gasteiger partial charge in [0.25, 0.3) is 0 Å². The Morgan fingerprint density at radius 3 is 1.95 bits per heavy atom. The molecule has 7 nitrogen and oxygen atoms in total. The first kappa shape index (κ1) is 22.3. The van der Waals surface area contributed by atoms with E-state index >= 15 is 0 Å². The van der Waals surface area contributed by atoms with Gasteiger partial charge in [-0.15, -0.1) is 0 Å². The minimum absolute atomic E-state index is 0. The summed E-state index contributed by atoms with van der Waals surface area (Å²) in [6, 6.07) is 5.97. The first-order valence-electron chi connectivity index (χ1n) is 5.30. The van der Waals surface area contributed by atoms with E-state index < -0.39 is 30.0 Å². The standard InChI is InChI=1S/C11H11NO6S2.2Na/c1-12-8-2-3-10-7(4-8)5-9(19(13,14)15)6-11(10)20(16,17)18;;/h2-6,12H,1H3,(H,13,14,15)(H,16,17,18);;/q;2*+1/p-2. The Morgan fingerprint density at radius 1 is 0.909 bits per heavy atom. The van der Waals surface area contributed by atoms with Crippen molar-refractivity contribution in [3.8, 4) is 0 Å². The third-order valence-corrected chi connectivity index (χ3v) is 4.42. The van der Waals surface area contributed by atoms with Gasteiger partial charge >= 0.3 is 59.1 Å². The zero-order chi connectivity index (χ0) is 15.1. The van der Waals surface area contributed by atoms with Gasteiger partial charge in [0.1, 0.15) is 20.2 Å². The summed E-state index contributed by atoms with van der Waals surface area (Å²) in [6.45, 7) is 0. The molecule has 0 aromatic heterocycles. The maximum Gasteiger partial charge on any atom is 1.00 e. The topological polar surface area (TPSA) is 126 Å². The van der Waals surface area contributed by atoms with E-state index in [1.165, 1.54) is 18.2 Å². The molecule has 0 atom stereocenters. The largest absolute Gasteiger partial charge is 1.00 e. The normalized spacial score (nSPS) is 11.4. The van der Waals surface area contributed by atoms with Crippen LogP contribution in [0.15, 0.2) is 40.1 Å². The molecule has 0 spiro atoms. The van der Waals surface area contributed by atoms with Crippen LogP contribution in [0, 0.1) is 0 Å². The number of hydrogen-bond acceptors (Lipinski definition) is 7. The summed E-state index contributed by atoms with van der Waals surface area (Å²) in [5, 5.41) is 3.01. The molecular weight excluding hydrogens is 352 g/mol. The van der Waals surface area contributed by atoms with Gasteiger partial charge in [-0.05, 0) is 35.0 Å². The molecule has 0 bridgehead atoms. The van der Waals surface area contributed by atoms with Gasteiger partial charge in [-0.1, -0.05) is 6.07 Å². The number of hydrogen-bond donors (Lipinski definition) is 1. The minimum atomic E-state index is -4.91. The van der Waals surface area contributed by atoms with E-state index in [9.17, 15) is 25.9 Å². The Bertz CT molecular complexity index is 896. The number of fused-ring (bicyclic) bond motifs is 1. The Balaban J connectivity index is 0.00000220. The van der Waals surface area contributed by atoms with Crippen LogP contribution in [0.25, 0.3) is 10.8 Å². The van der Waals surface area contributed by atoms with Crippen molar-refractivity contribution in [2.45, 2.75) is 9.79 Å². The first-order chi connectivity index (χ1) is 9.13. The molecule has 0 amide bonds. The molecule has 108 valence electrons. The van der Waals surface area contributed by atoms with Crippen molar-refractivity contribution in [3.05, 3.63) is 30.3 Å². The van der Waals surface area contributed by atoms with Crippen LogP contribution in [0.5, 0.6) is 0 Å². The van der Waals surface area contributed by atoms with Gasteiger partial charge in [-0.2, -0.15) is 0 Å². The van der Waals surface area contributed by atoms with Gasteiger partial charge in [-0.3, -0.25) is 0 Å². The van der Waals surface area contributed by atoms with E-state index in [2.05, 4.69) is 5.32 Å². The maximum atomic E-state index is 11.2. The molecule has 0 radical (unpaired) electrons. The van der Waals surface area contributed by atoms with Crippen LogP contribution in [-0.4, -0.2) is 33.0 Å². The molecule has 22 heavy (non-hydrogen) atoms. The monoisotopic (exact) mass is 361 g/mol. The molecular formula is C11H9NNa2O6S2. The Kier molecular flexibility index (Phi) is 8.04. The molecule has 0 aliphatic rings. The fourth-order valence-corrected chi connectivity index (χ4v) is 3.15. The third kappa shape index (κ3) is 4.91. The predicted octanol–water partition coefficient (Wildman–Crippen LogP) is -5.30. The summed E-state index contributed by atoms with van der Waals surface area (Å²) in [5.74, 6) is 0. The Morgan fingerprint density at radius 2 is 1.50 bits per heavy atom. The fourth-order valence-electron chi connectivity index (χ4n) is 1.82. The summed E-state index contributed by atoms with van der Waals surface area (Å²) >= 11 is 0. The third-order valence-electron chi connectivity index (χ3n) is 2.73. The fraction of sp³-hybridized carbons (Fsp3) is 0.0909. The maximum absolute atomic E-state index is 11.2. The second-order valence-electron chi connectivity index (χ2n) is 4.02. The van der Waals surface area contributed by atoms with Gasteiger partial charge in [0, 0.05) is 12.7 Å². The summed E-state index contributed by atoms with van der Waals surface area (Å²) in [4.78, 5) is -1.49. The molecule has 2 aromatic rings. The average molecular weight is 361 g/mol. The van der Waals surface area contributed by atoms with Gasteiger partial charge in [0.2, 0.25) is 0 Å². The average Bonchev–Trinajstić information content (AvgIpc) is 2.34. The van der Waals surface area contributed by atoms with Crippen LogP contribution in [0.4, 0.5) is 5.69 Å². The van der Waals surface area contributed by atoms with Crippen LogP contribution < -0.4 is 64.4 Å². The first-order valence-corrected chi connectivity index (χ1v) is 8.12. The van der Waals surface area contributed by atoms with Gasteiger partial charge < -0.3 is 14.4 Å². The van der Waals surface area contributed by atoms with Gasteiger partial charge in [0.15, 0.2) is 0 Å². The molecule has 0 unspecified atom stereocenters. The molecule has 0 aliphatic heterocycles. The molecule has 0 saturated heterocycles. The molecule has 2 aromatic carbocycles. The number of rotatable bonds is 3. The summed E-state index contributed by atoms with van der Waals surface area (Å²) in [6.07, 6.45) is 0. The second-order valence-corrected chi connectivity index (χ2v) is 6.74. The molecule has 0 saturated carbocycles. The summed E-state index contributed by atoms with van der Waals surface area (Å²) in [5.41, 5.74) is 0.576. The zero-order valence-electron chi connectivity index (χ0n) is 12.2. The van der Waals surface area contributed by atoms with E-state index in [1.54, 1.807) is 7.05 Å². The minimum Gasteiger partial charge on any atom is -0.744 e. The van der Waals surface area contributed by atoms with Crippen LogP contribution in [0.1, 0.15) is 0 Å². The van der Waals surface area contributed by atoms with E-state index in [1.807, 2.05) is 0 Å². The quantitative estimate of drug-likeness (QED) is 0.427. The van der Waals surface area contributed by atoms with Crippen molar-refractivity contribution in [3.63, 3.8) is 0 Å². The van der Waals surface area contributed by atoms with E-state index in [0.717, 1.165) is 6.07 Å². The van der Waals surface area contributed by atoms with Crippen molar-refractivity contribution >= 4 is 36.7 Å². The molecule has 2 rings (SSSR count). The summed E-state index contributed by atoms with van der Waals surface area (Å²) < 4.78 is 66.8. The van der Waals surface area contributed by atoms with Crippen molar-refractivity contribution < 1.29 is 85.1 Å². The van der Waals surface area contributed by atoms with Crippen LogP contribution in [-0.2, 0) is 20.2 Å². The van der Waals surface area contributed by atoms with E-state index in [0.29, 0.717) is 11.8 Å². The Labute approximate surface area is 172 Å². The van der Waals surface area contributed by atoms with Crippen LogP contribution in [0.3, 0.4) is 0 Å². The molecule has 0 fully saturated rings. The van der Waals surface area contributed by atoms with Crippen LogP contribution in [0.2, 0.25) is 0 Å². The second kappa shape index (κ2) is 7.93. The summed E-state index contributed by atoms with van der Waals surface area (Å²) in [7, 11) is -8.16. The van der Waals surface area contributed by atoms with Gasteiger partial charge in [0.05, 0.1) is 9.79 Å². The van der Waals surface area contributed by atoms with Crippen molar-refractivity contribution in [1.29, 1.82) is 0 Å². The van der Waals surface area contributed by atoms with Crippen LogP contribution >= 0.6 is 0 Å². The van der Waals surface area contributed by atoms with Crippen molar-refractivity contribution in [2.24, 2.45) is 0 Å². The molecule has 11 heteroatoms. The SMILES string of the molecule is CNc1ccc2c(S(=O)(=O)[O-])cc(S(=O)(=O)[O-])cc2c1.[Na+].[Na+]. The van der Waals surface area contributed by atoms with Crippen molar-refractivity contribution in [1.82, 2.24) is 0 Å². The smallest absolute Gasteiger partial charge is 0.744 e. The zero-order valence-corrected chi connectivity index (χ0v) is 17.8. The molecule has 1 N–H and O–H groups in total. The number of anilines is 1.